The van der Waals surface area contributed by atoms with Crippen molar-refractivity contribution < 1.29 is 4.74 Å². The predicted octanol–water partition coefficient (Wildman–Crippen LogP) is 4.62. The summed E-state index contributed by atoms with van der Waals surface area (Å²) in [6.45, 7) is 4.22. The van der Waals surface area contributed by atoms with Gasteiger partial charge in [0, 0.05) is 35.2 Å². The molecule has 2 aromatic carbocycles. The summed E-state index contributed by atoms with van der Waals surface area (Å²) < 4.78 is 5.29. The van der Waals surface area contributed by atoms with Crippen LogP contribution >= 0.6 is 0 Å². The minimum Gasteiger partial charge on any atom is -0.497 e. The maximum Gasteiger partial charge on any atom is 0.229 e. The first-order chi connectivity index (χ1) is 12.6. The lowest BCUT2D eigenvalue weighted by Gasteiger charge is -2.24. The minimum atomic E-state index is 0.367. The molecule has 3 aromatic rings. The van der Waals surface area contributed by atoms with E-state index in [1.807, 2.05) is 37.3 Å². The van der Waals surface area contributed by atoms with Crippen LogP contribution in [0, 0.1) is 6.92 Å². The Bertz CT molecular complexity index is 941. The summed E-state index contributed by atoms with van der Waals surface area (Å²) >= 11 is 0. The van der Waals surface area contributed by atoms with Gasteiger partial charge in [0.25, 0.3) is 0 Å². The van der Waals surface area contributed by atoms with Crippen molar-refractivity contribution in [3.8, 4) is 5.75 Å². The zero-order chi connectivity index (χ0) is 18.1. The molecule has 0 saturated heterocycles. The zero-order valence-corrected chi connectivity index (χ0v) is 15.2. The first-order valence-electron chi connectivity index (χ1n) is 8.78. The van der Waals surface area contributed by atoms with E-state index in [9.17, 15) is 0 Å². The molecule has 4 rings (SSSR count). The molecule has 1 unspecified atom stereocenters. The molecule has 0 bridgehead atoms. The Hall–Kier alpha value is -3.08. The van der Waals surface area contributed by atoms with E-state index in [0.29, 0.717) is 12.0 Å². The lowest BCUT2D eigenvalue weighted by molar-refractivity contribution is 0.415. The van der Waals surface area contributed by atoms with Crippen LogP contribution in [0.3, 0.4) is 0 Å². The molecule has 1 aliphatic rings. The number of hydrogen-bond acceptors (Lipinski definition) is 5. The van der Waals surface area contributed by atoms with Gasteiger partial charge in [-0.15, -0.1) is 0 Å². The van der Waals surface area contributed by atoms with Crippen molar-refractivity contribution in [1.82, 2.24) is 9.97 Å². The maximum atomic E-state index is 5.29. The average Bonchev–Trinajstić information content (AvgIpc) is 2.97. The molecule has 2 heterocycles. The molecule has 1 atom stereocenters. The van der Waals surface area contributed by atoms with Gasteiger partial charge in [-0.25, -0.2) is 4.98 Å². The largest absolute Gasteiger partial charge is 0.497 e. The molecular weight excluding hydrogens is 324 g/mol. The third-order valence-corrected chi connectivity index (χ3v) is 4.62. The van der Waals surface area contributed by atoms with E-state index in [0.717, 1.165) is 29.4 Å². The Morgan fingerprint density at radius 2 is 1.92 bits per heavy atom. The van der Waals surface area contributed by atoms with Crippen molar-refractivity contribution in [2.45, 2.75) is 26.3 Å². The number of benzene rings is 2. The third kappa shape index (κ3) is 3.08. The van der Waals surface area contributed by atoms with Crippen molar-refractivity contribution in [1.29, 1.82) is 0 Å². The fourth-order valence-electron chi connectivity index (χ4n) is 3.48. The van der Waals surface area contributed by atoms with Gasteiger partial charge >= 0.3 is 0 Å². The van der Waals surface area contributed by atoms with E-state index in [2.05, 4.69) is 46.4 Å². The van der Waals surface area contributed by atoms with Gasteiger partial charge in [0.1, 0.15) is 11.6 Å². The van der Waals surface area contributed by atoms with E-state index >= 15 is 0 Å². The quantitative estimate of drug-likeness (QED) is 0.747. The lowest BCUT2D eigenvalue weighted by atomic mass is 10.1. The Morgan fingerprint density at radius 3 is 2.77 bits per heavy atom. The van der Waals surface area contributed by atoms with Gasteiger partial charge in [-0.2, -0.15) is 4.98 Å². The van der Waals surface area contributed by atoms with Crippen LogP contribution in [-0.2, 0) is 6.42 Å². The van der Waals surface area contributed by atoms with E-state index in [1.54, 1.807) is 7.11 Å². The highest BCUT2D eigenvalue weighted by atomic mass is 16.5. The number of aryl methyl sites for hydroxylation is 1. The number of methoxy groups -OCH3 is 1. The fourth-order valence-corrected chi connectivity index (χ4v) is 3.48. The number of hydrogen-bond donors (Lipinski definition) is 1. The third-order valence-electron chi connectivity index (χ3n) is 4.62. The Labute approximate surface area is 153 Å². The second-order valence-corrected chi connectivity index (χ2v) is 6.60. The number of fused-ring (bicyclic) bond motifs is 1. The van der Waals surface area contributed by atoms with Crippen LogP contribution in [0.2, 0.25) is 0 Å². The minimum absolute atomic E-state index is 0.367. The van der Waals surface area contributed by atoms with Crippen LogP contribution in [0.1, 0.15) is 18.2 Å². The Morgan fingerprint density at radius 1 is 1.08 bits per heavy atom. The van der Waals surface area contributed by atoms with Crippen molar-refractivity contribution in [2.75, 3.05) is 17.3 Å². The Kier molecular flexibility index (Phi) is 4.21. The molecule has 1 aliphatic heterocycles. The molecule has 1 aromatic heterocycles. The molecule has 0 fully saturated rings. The number of ether oxygens (including phenoxy) is 1. The van der Waals surface area contributed by atoms with Gasteiger partial charge < -0.3 is 15.0 Å². The normalized spacial score (nSPS) is 15.7. The van der Waals surface area contributed by atoms with Gasteiger partial charge in [0.15, 0.2) is 0 Å². The van der Waals surface area contributed by atoms with Crippen LogP contribution in [0.5, 0.6) is 5.75 Å². The summed E-state index contributed by atoms with van der Waals surface area (Å²) in [7, 11) is 1.66. The summed E-state index contributed by atoms with van der Waals surface area (Å²) in [5.41, 5.74) is 4.41. The molecular formula is C21H22N4O. The Balaban J connectivity index is 1.69. The van der Waals surface area contributed by atoms with Gasteiger partial charge in [0.05, 0.1) is 7.11 Å². The monoisotopic (exact) mass is 346 g/mol. The van der Waals surface area contributed by atoms with Crippen LogP contribution < -0.4 is 15.0 Å². The number of para-hydroxylation sites is 1. The van der Waals surface area contributed by atoms with Gasteiger partial charge in [-0.3, -0.25) is 0 Å². The van der Waals surface area contributed by atoms with Gasteiger partial charge in [-0.1, -0.05) is 24.3 Å². The van der Waals surface area contributed by atoms with Crippen LogP contribution in [0.4, 0.5) is 23.1 Å². The molecule has 5 heteroatoms. The van der Waals surface area contributed by atoms with E-state index in [-0.39, 0.29) is 0 Å². The molecule has 5 nitrogen and oxygen atoms in total. The highest BCUT2D eigenvalue weighted by Crippen LogP contribution is 2.37. The van der Waals surface area contributed by atoms with Crippen molar-refractivity contribution >= 4 is 23.1 Å². The molecule has 0 radical (unpaired) electrons. The van der Waals surface area contributed by atoms with Crippen LogP contribution in [0.15, 0.2) is 54.6 Å². The molecule has 0 amide bonds. The summed E-state index contributed by atoms with van der Waals surface area (Å²) in [4.78, 5) is 11.6. The highest BCUT2D eigenvalue weighted by Gasteiger charge is 2.28. The summed E-state index contributed by atoms with van der Waals surface area (Å²) in [5, 5.41) is 3.29. The molecule has 0 aliphatic carbocycles. The fraction of sp³-hybridized carbons (Fsp3) is 0.238. The van der Waals surface area contributed by atoms with Crippen LogP contribution in [-0.4, -0.2) is 23.1 Å². The first-order valence-corrected chi connectivity index (χ1v) is 8.78. The van der Waals surface area contributed by atoms with E-state index in [1.165, 1.54) is 11.3 Å². The van der Waals surface area contributed by atoms with E-state index < -0.39 is 0 Å². The molecule has 0 saturated carbocycles. The number of nitrogens with zero attached hydrogens (tertiary/aromatic N) is 3. The van der Waals surface area contributed by atoms with Crippen LogP contribution in [0.25, 0.3) is 0 Å². The number of nitrogens with one attached hydrogen (secondary N) is 1. The molecule has 1 N–H and O–H groups in total. The van der Waals surface area contributed by atoms with Gasteiger partial charge in [0.2, 0.25) is 5.95 Å². The number of anilines is 4. The second-order valence-electron chi connectivity index (χ2n) is 6.60. The van der Waals surface area contributed by atoms with Gasteiger partial charge in [-0.05, 0) is 44.0 Å². The first kappa shape index (κ1) is 16.4. The summed E-state index contributed by atoms with van der Waals surface area (Å²) in [6, 6.07) is 18.7. The smallest absolute Gasteiger partial charge is 0.229 e. The summed E-state index contributed by atoms with van der Waals surface area (Å²) in [5.74, 6) is 2.30. The molecule has 0 spiro atoms. The summed E-state index contributed by atoms with van der Waals surface area (Å²) in [6.07, 6.45) is 1.03. The van der Waals surface area contributed by atoms with Crippen molar-refractivity contribution in [2.24, 2.45) is 0 Å². The van der Waals surface area contributed by atoms with Crippen molar-refractivity contribution in [3.63, 3.8) is 0 Å². The molecule has 132 valence electrons. The zero-order valence-electron chi connectivity index (χ0n) is 15.2. The second kappa shape index (κ2) is 6.67. The maximum absolute atomic E-state index is 5.29. The standard InChI is InChI=1S/C21H22N4O/c1-14-11-20(25-15(2)12-16-7-4-5-10-19(16)25)24-21(22-14)23-17-8-6-9-18(13-17)26-3/h4-11,13,15H,12H2,1-3H3,(H,22,23,24). The predicted molar refractivity (Wildman–Crippen MR) is 105 cm³/mol. The highest BCUT2D eigenvalue weighted by molar-refractivity contribution is 5.70. The average molecular weight is 346 g/mol. The lowest BCUT2D eigenvalue weighted by Crippen LogP contribution is -2.25. The topological polar surface area (TPSA) is 50.3 Å². The molecule has 26 heavy (non-hydrogen) atoms. The van der Waals surface area contributed by atoms with E-state index in [4.69, 9.17) is 9.72 Å². The SMILES string of the molecule is COc1cccc(Nc2nc(C)cc(N3c4ccccc4CC3C)n2)c1. The number of rotatable bonds is 4. The number of aromatic nitrogens is 2. The van der Waals surface area contributed by atoms with Crippen molar-refractivity contribution in [3.05, 3.63) is 65.9 Å².